The maximum Gasteiger partial charge on any atom is 0.347 e. The van der Waals surface area contributed by atoms with E-state index in [1.807, 2.05) is 0 Å². The van der Waals surface area contributed by atoms with E-state index in [2.05, 4.69) is 26.3 Å². The van der Waals surface area contributed by atoms with Crippen molar-refractivity contribution in [1.29, 1.82) is 0 Å². The van der Waals surface area contributed by atoms with Crippen LogP contribution in [-0.4, -0.2) is 58.6 Å². The highest BCUT2D eigenvalue weighted by Gasteiger charge is 2.40. The number of nitrogens with one attached hydrogen (secondary N) is 2. The Morgan fingerprint density at radius 3 is 2.54 bits per heavy atom. The molecular weight excluding hydrogens is 470 g/mol. The SMILES string of the molecule is O=C(Nc1ccc(Br)cc1)N(O)C1CCOP(=O)(N(CCCl)CCCl)N1. The Labute approximate surface area is 170 Å². The van der Waals surface area contributed by atoms with Gasteiger partial charge in [0.15, 0.2) is 0 Å². The maximum atomic E-state index is 13.0. The van der Waals surface area contributed by atoms with Gasteiger partial charge in [0.1, 0.15) is 6.17 Å². The molecule has 0 aromatic heterocycles. The average Bonchev–Trinajstić information content (AvgIpc) is 2.63. The molecule has 2 atom stereocenters. The molecule has 1 aromatic rings. The predicted octanol–water partition coefficient (Wildman–Crippen LogP) is 3.90. The van der Waals surface area contributed by atoms with Crippen molar-refractivity contribution < 1.29 is 19.1 Å². The summed E-state index contributed by atoms with van der Waals surface area (Å²) < 4.78 is 20.8. The summed E-state index contributed by atoms with van der Waals surface area (Å²) in [6, 6.07) is 6.13. The van der Waals surface area contributed by atoms with Crippen molar-refractivity contribution in [2.24, 2.45) is 0 Å². The molecule has 1 saturated heterocycles. The van der Waals surface area contributed by atoms with Gasteiger partial charge in [0.2, 0.25) is 0 Å². The van der Waals surface area contributed by atoms with E-state index >= 15 is 0 Å². The molecular formula is C14H20BrCl2N4O4P. The standard InChI is InChI=1S/C14H20BrCl2N4O4P/c15-11-1-3-12(4-2-11)18-14(22)21(23)13-5-10-25-26(24,19-13)20(8-6-16)9-7-17/h1-4,13,23H,5-10H2,(H,18,22)(H,19,24). The molecule has 0 radical (unpaired) electrons. The predicted molar refractivity (Wildman–Crippen MR) is 105 cm³/mol. The van der Waals surface area contributed by atoms with Crippen LogP contribution in [0.15, 0.2) is 28.7 Å². The number of hydrogen-bond donors (Lipinski definition) is 3. The van der Waals surface area contributed by atoms with Crippen LogP contribution in [0.1, 0.15) is 6.42 Å². The molecule has 1 heterocycles. The van der Waals surface area contributed by atoms with Crippen LogP contribution in [-0.2, 0) is 9.09 Å². The van der Waals surface area contributed by atoms with Gasteiger partial charge in [-0.25, -0.2) is 14.6 Å². The molecule has 1 aliphatic rings. The summed E-state index contributed by atoms with van der Waals surface area (Å²) in [6.07, 6.45) is -0.609. The summed E-state index contributed by atoms with van der Waals surface area (Å²) in [4.78, 5) is 12.3. The zero-order valence-electron chi connectivity index (χ0n) is 13.8. The first kappa shape index (κ1) is 21.9. The molecule has 3 N–H and O–H groups in total. The van der Waals surface area contributed by atoms with Crippen molar-refractivity contribution in [1.82, 2.24) is 14.8 Å². The third kappa shape index (κ3) is 5.81. The molecule has 2 rings (SSSR count). The van der Waals surface area contributed by atoms with E-state index in [-0.39, 0.29) is 24.8 Å². The van der Waals surface area contributed by atoms with Crippen LogP contribution in [0.4, 0.5) is 10.5 Å². The zero-order chi connectivity index (χ0) is 19.2. The highest BCUT2D eigenvalue weighted by molar-refractivity contribution is 9.10. The highest BCUT2D eigenvalue weighted by Crippen LogP contribution is 2.49. The van der Waals surface area contributed by atoms with Crippen LogP contribution in [0, 0.1) is 0 Å². The first-order valence-corrected chi connectivity index (χ1v) is 11.3. The van der Waals surface area contributed by atoms with Crippen molar-refractivity contribution in [2.75, 3.05) is 36.8 Å². The lowest BCUT2D eigenvalue weighted by atomic mass is 10.3. The Hall–Kier alpha value is -0.380. The first-order valence-electron chi connectivity index (χ1n) is 7.84. The maximum absolute atomic E-state index is 13.0. The van der Waals surface area contributed by atoms with E-state index in [0.29, 0.717) is 23.8 Å². The van der Waals surface area contributed by atoms with Crippen molar-refractivity contribution >= 4 is 58.5 Å². The lowest BCUT2D eigenvalue weighted by Crippen LogP contribution is -2.52. The molecule has 0 spiro atoms. The molecule has 1 aliphatic heterocycles. The monoisotopic (exact) mass is 488 g/mol. The van der Waals surface area contributed by atoms with Gasteiger partial charge in [-0.15, -0.1) is 23.2 Å². The van der Waals surface area contributed by atoms with E-state index < -0.39 is 19.9 Å². The van der Waals surface area contributed by atoms with Crippen LogP contribution >= 0.6 is 46.8 Å². The Kier molecular flexibility index (Phi) is 8.63. The van der Waals surface area contributed by atoms with Crippen molar-refractivity contribution in [3.05, 3.63) is 28.7 Å². The van der Waals surface area contributed by atoms with Crippen LogP contribution in [0.5, 0.6) is 0 Å². The van der Waals surface area contributed by atoms with Gasteiger partial charge in [-0.2, -0.15) is 5.06 Å². The van der Waals surface area contributed by atoms with Crippen LogP contribution in [0.3, 0.4) is 0 Å². The van der Waals surface area contributed by atoms with Gasteiger partial charge >= 0.3 is 13.7 Å². The lowest BCUT2D eigenvalue weighted by Gasteiger charge is -2.39. The Morgan fingerprint density at radius 2 is 1.96 bits per heavy atom. The number of rotatable bonds is 7. The molecule has 26 heavy (non-hydrogen) atoms. The van der Waals surface area contributed by atoms with Gasteiger partial charge < -0.3 is 9.84 Å². The number of anilines is 1. The van der Waals surface area contributed by atoms with Crippen LogP contribution < -0.4 is 10.4 Å². The Balaban J connectivity index is 2.03. The second kappa shape index (κ2) is 10.2. The highest BCUT2D eigenvalue weighted by atomic mass is 79.9. The molecule has 2 unspecified atom stereocenters. The summed E-state index contributed by atoms with van der Waals surface area (Å²) >= 11 is 14.8. The van der Waals surface area contributed by atoms with Gasteiger partial charge in [0, 0.05) is 41.4 Å². The van der Waals surface area contributed by atoms with E-state index in [1.165, 1.54) is 4.67 Å². The average molecular weight is 490 g/mol. The molecule has 0 aliphatic carbocycles. The van der Waals surface area contributed by atoms with Crippen molar-refractivity contribution in [3.63, 3.8) is 0 Å². The lowest BCUT2D eigenvalue weighted by molar-refractivity contribution is -0.0876. The molecule has 2 amide bonds. The van der Waals surface area contributed by atoms with Gasteiger partial charge in [-0.05, 0) is 24.3 Å². The van der Waals surface area contributed by atoms with E-state index in [1.54, 1.807) is 24.3 Å². The number of carbonyl (C=O) groups excluding carboxylic acids is 1. The molecule has 12 heteroatoms. The number of halogens is 3. The molecule has 0 saturated carbocycles. The largest absolute Gasteiger partial charge is 0.347 e. The summed E-state index contributed by atoms with van der Waals surface area (Å²) in [7, 11) is -3.47. The third-order valence-electron chi connectivity index (χ3n) is 3.63. The zero-order valence-corrected chi connectivity index (χ0v) is 17.8. The quantitative estimate of drug-likeness (QED) is 0.233. The minimum absolute atomic E-state index is 0.110. The van der Waals surface area contributed by atoms with Crippen molar-refractivity contribution in [3.8, 4) is 0 Å². The number of carbonyl (C=O) groups is 1. The third-order valence-corrected chi connectivity index (χ3v) is 6.79. The number of benzene rings is 1. The molecule has 1 fully saturated rings. The number of amides is 2. The normalized spacial score (nSPS) is 23.0. The second-order valence-corrected chi connectivity index (χ2v) is 9.19. The molecule has 8 nitrogen and oxygen atoms in total. The minimum Gasteiger partial charge on any atom is -0.306 e. The van der Waals surface area contributed by atoms with Gasteiger partial charge in [0.05, 0.1) is 6.61 Å². The van der Waals surface area contributed by atoms with Crippen molar-refractivity contribution in [2.45, 2.75) is 12.6 Å². The fourth-order valence-corrected chi connectivity index (χ4v) is 5.35. The molecule has 1 aromatic carbocycles. The van der Waals surface area contributed by atoms with Gasteiger partial charge in [0.25, 0.3) is 0 Å². The van der Waals surface area contributed by atoms with E-state index in [4.69, 9.17) is 27.7 Å². The number of hydroxylamine groups is 2. The number of alkyl halides is 2. The number of hydrogen-bond acceptors (Lipinski definition) is 4. The second-order valence-electron chi connectivity index (χ2n) is 5.40. The van der Waals surface area contributed by atoms with E-state index in [9.17, 15) is 14.6 Å². The molecule has 146 valence electrons. The van der Waals surface area contributed by atoms with E-state index in [0.717, 1.165) is 4.47 Å². The van der Waals surface area contributed by atoms with Gasteiger partial charge in [-0.3, -0.25) is 9.77 Å². The first-order chi connectivity index (χ1) is 12.4. The summed E-state index contributed by atoms with van der Waals surface area (Å²) in [6.45, 7) is 0.697. The van der Waals surface area contributed by atoms with Crippen LogP contribution in [0.25, 0.3) is 0 Å². The van der Waals surface area contributed by atoms with Gasteiger partial charge in [-0.1, -0.05) is 15.9 Å². The summed E-state index contributed by atoms with van der Waals surface area (Å²) in [5.74, 6) is 0.479. The van der Waals surface area contributed by atoms with Crippen LogP contribution in [0.2, 0.25) is 0 Å². The molecule has 0 bridgehead atoms. The fraction of sp³-hybridized carbons (Fsp3) is 0.500. The number of urea groups is 1. The summed E-state index contributed by atoms with van der Waals surface area (Å²) in [5, 5.41) is 16.0. The Morgan fingerprint density at radius 1 is 1.35 bits per heavy atom. The number of nitrogens with zero attached hydrogens (tertiary/aromatic N) is 2. The topological polar surface area (TPSA) is 94.1 Å². The summed E-state index contributed by atoms with van der Waals surface area (Å²) in [5.41, 5.74) is 0.512. The minimum atomic E-state index is -3.47. The Bertz CT molecular complexity index is 648. The smallest absolute Gasteiger partial charge is 0.306 e. The fourth-order valence-electron chi connectivity index (χ4n) is 2.34.